The smallest absolute Gasteiger partial charge is 0.223 e. The first-order valence-corrected chi connectivity index (χ1v) is 8.42. The highest BCUT2D eigenvalue weighted by atomic mass is 16.1. The van der Waals surface area contributed by atoms with Crippen molar-refractivity contribution < 1.29 is 4.79 Å². The lowest BCUT2D eigenvalue weighted by Crippen LogP contribution is -2.40. The molecule has 1 saturated carbocycles. The molecule has 3 heteroatoms. The summed E-state index contributed by atoms with van der Waals surface area (Å²) < 4.78 is 0. The van der Waals surface area contributed by atoms with Crippen molar-refractivity contribution in [3.63, 3.8) is 0 Å². The number of carbonyl (C=O) groups excluding carboxylic acids is 1. The zero-order valence-corrected chi connectivity index (χ0v) is 13.6. The molecule has 3 nitrogen and oxygen atoms in total. The van der Waals surface area contributed by atoms with E-state index < -0.39 is 0 Å². The highest BCUT2D eigenvalue weighted by Crippen LogP contribution is 2.30. The molecule has 1 fully saturated rings. The summed E-state index contributed by atoms with van der Waals surface area (Å²) in [7, 11) is 0. The molecule has 0 unspecified atom stereocenters. The van der Waals surface area contributed by atoms with Crippen LogP contribution < -0.4 is 5.32 Å². The van der Waals surface area contributed by atoms with Crippen LogP contribution in [-0.4, -0.2) is 17.4 Å². The maximum absolute atomic E-state index is 12.4. The number of carbonyl (C=O) groups is 1. The molecular weight excluding hydrogens is 272 g/mol. The number of nitrogens with one attached hydrogen (secondary N) is 2. The Morgan fingerprint density at radius 2 is 1.95 bits per heavy atom. The Morgan fingerprint density at radius 3 is 2.73 bits per heavy atom. The first kappa shape index (κ1) is 15.1. The van der Waals surface area contributed by atoms with Crippen molar-refractivity contribution in [1.29, 1.82) is 0 Å². The number of benzene rings is 1. The van der Waals surface area contributed by atoms with E-state index in [0.29, 0.717) is 6.54 Å². The van der Waals surface area contributed by atoms with Crippen molar-refractivity contribution in [2.75, 3.05) is 6.54 Å². The van der Waals surface area contributed by atoms with Crippen molar-refractivity contribution in [2.45, 2.75) is 51.4 Å². The molecule has 0 atom stereocenters. The minimum Gasteiger partial charge on any atom is -0.361 e. The SMILES string of the molecule is CC(C)(CNC(=O)C1CCCCC1)c1c[nH]c2ccccc12. The summed E-state index contributed by atoms with van der Waals surface area (Å²) in [6.45, 7) is 5.08. The third-order valence-corrected chi connectivity index (χ3v) is 5.00. The van der Waals surface area contributed by atoms with Gasteiger partial charge in [-0.2, -0.15) is 0 Å². The number of hydrogen-bond donors (Lipinski definition) is 2. The maximum atomic E-state index is 12.4. The summed E-state index contributed by atoms with van der Waals surface area (Å²) in [5, 5.41) is 4.44. The predicted octanol–water partition coefficient (Wildman–Crippen LogP) is 4.14. The van der Waals surface area contributed by atoms with Crippen molar-refractivity contribution in [1.82, 2.24) is 10.3 Å². The van der Waals surface area contributed by atoms with Crippen LogP contribution in [0, 0.1) is 5.92 Å². The summed E-state index contributed by atoms with van der Waals surface area (Å²) in [6, 6.07) is 8.35. The summed E-state index contributed by atoms with van der Waals surface area (Å²) in [6.07, 6.45) is 7.87. The normalized spacial score (nSPS) is 16.8. The fourth-order valence-corrected chi connectivity index (χ4v) is 3.54. The Hall–Kier alpha value is -1.77. The van der Waals surface area contributed by atoms with Gasteiger partial charge in [-0.15, -0.1) is 0 Å². The van der Waals surface area contributed by atoms with Gasteiger partial charge in [0.15, 0.2) is 0 Å². The summed E-state index contributed by atoms with van der Waals surface area (Å²) in [5.74, 6) is 0.472. The Labute approximate surface area is 132 Å². The number of amides is 1. The van der Waals surface area contributed by atoms with E-state index in [1.807, 2.05) is 6.07 Å². The van der Waals surface area contributed by atoms with Crippen LogP contribution >= 0.6 is 0 Å². The van der Waals surface area contributed by atoms with Gasteiger partial charge in [-0.05, 0) is 24.5 Å². The minimum atomic E-state index is -0.0794. The third kappa shape index (κ3) is 3.03. The van der Waals surface area contributed by atoms with Crippen molar-refractivity contribution in [3.05, 3.63) is 36.0 Å². The van der Waals surface area contributed by atoms with Crippen molar-refractivity contribution in [2.24, 2.45) is 5.92 Å². The molecular formula is C19H26N2O. The van der Waals surface area contributed by atoms with Gasteiger partial charge >= 0.3 is 0 Å². The van der Waals surface area contributed by atoms with E-state index in [-0.39, 0.29) is 17.2 Å². The van der Waals surface area contributed by atoms with Gasteiger partial charge in [-0.3, -0.25) is 4.79 Å². The van der Waals surface area contributed by atoms with Gasteiger partial charge in [0.2, 0.25) is 5.91 Å². The highest BCUT2D eigenvalue weighted by Gasteiger charge is 2.27. The van der Waals surface area contributed by atoms with E-state index in [1.165, 1.54) is 30.2 Å². The second-order valence-corrected chi connectivity index (χ2v) is 7.18. The van der Waals surface area contributed by atoms with E-state index in [4.69, 9.17) is 0 Å². The van der Waals surface area contributed by atoms with Crippen LogP contribution in [0.3, 0.4) is 0 Å². The first-order chi connectivity index (χ1) is 10.6. The van der Waals surface area contributed by atoms with E-state index in [0.717, 1.165) is 18.4 Å². The van der Waals surface area contributed by atoms with Crippen LogP contribution in [0.2, 0.25) is 0 Å². The molecule has 1 aromatic carbocycles. The van der Waals surface area contributed by atoms with Crippen LogP contribution in [0.4, 0.5) is 0 Å². The fourth-order valence-electron chi connectivity index (χ4n) is 3.54. The van der Waals surface area contributed by atoms with Crippen molar-refractivity contribution in [3.8, 4) is 0 Å². The van der Waals surface area contributed by atoms with Gasteiger partial charge in [0, 0.05) is 35.0 Å². The van der Waals surface area contributed by atoms with E-state index >= 15 is 0 Å². The predicted molar refractivity (Wildman–Crippen MR) is 90.9 cm³/mol. The lowest BCUT2D eigenvalue weighted by atomic mass is 9.83. The maximum Gasteiger partial charge on any atom is 0.223 e. The second kappa shape index (κ2) is 6.15. The number of aromatic nitrogens is 1. The van der Waals surface area contributed by atoms with Gasteiger partial charge in [-0.25, -0.2) is 0 Å². The molecule has 3 rings (SSSR count). The standard InChI is InChI=1S/C19H26N2O/c1-19(2,13-21-18(22)14-8-4-3-5-9-14)16-12-20-17-11-7-6-10-15(16)17/h6-7,10-12,14,20H,3-5,8-9,13H2,1-2H3,(H,21,22). The Balaban J connectivity index is 1.69. The summed E-state index contributed by atoms with van der Waals surface area (Å²) in [5.41, 5.74) is 2.35. The van der Waals surface area contributed by atoms with Crippen LogP contribution in [-0.2, 0) is 10.2 Å². The van der Waals surface area contributed by atoms with Gasteiger partial charge < -0.3 is 10.3 Å². The molecule has 1 aliphatic rings. The number of fused-ring (bicyclic) bond motifs is 1. The van der Waals surface area contributed by atoms with Gasteiger partial charge in [0.25, 0.3) is 0 Å². The first-order valence-electron chi connectivity index (χ1n) is 8.42. The fraction of sp³-hybridized carbons (Fsp3) is 0.526. The molecule has 1 aliphatic carbocycles. The van der Waals surface area contributed by atoms with Gasteiger partial charge in [0.1, 0.15) is 0 Å². The van der Waals surface area contributed by atoms with E-state index in [1.54, 1.807) is 0 Å². The second-order valence-electron chi connectivity index (χ2n) is 7.18. The van der Waals surface area contributed by atoms with E-state index in [2.05, 4.69) is 48.5 Å². The topological polar surface area (TPSA) is 44.9 Å². The number of hydrogen-bond acceptors (Lipinski definition) is 1. The minimum absolute atomic E-state index is 0.0794. The molecule has 22 heavy (non-hydrogen) atoms. The zero-order valence-electron chi connectivity index (χ0n) is 13.6. The van der Waals surface area contributed by atoms with Crippen LogP contribution in [0.1, 0.15) is 51.5 Å². The molecule has 0 spiro atoms. The zero-order chi connectivity index (χ0) is 15.6. The van der Waals surface area contributed by atoms with E-state index in [9.17, 15) is 4.79 Å². The lowest BCUT2D eigenvalue weighted by Gasteiger charge is -2.27. The van der Waals surface area contributed by atoms with Crippen molar-refractivity contribution >= 4 is 16.8 Å². The Kier molecular flexibility index (Phi) is 4.23. The molecule has 1 amide bonds. The molecule has 1 heterocycles. The molecule has 0 saturated heterocycles. The summed E-state index contributed by atoms with van der Waals surface area (Å²) >= 11 is 0. The molecule has 0 bridgehead atoms. The number of rotatable bonds is 4. The largest absolute Gasteiger partial charge is 0.361 e. The quantitative estimate of drug-likeness (QED) is 0.875. The average molecular weight is 298 g/mol. The molecule has 118 valence electrons. The molecule has 2 aromatic rings. The van der Waals surface area contributed by atoms with Gasteiger partial charge in [0.05, 0.1) is 0 Å². The number of aromatic amines is 1. The average Bonchev–Trinajstić information content (AvgIpc) is 2.98. The molecule has 0 aliphatic heterocycles. The van der Waals surface area contributed by atoms with Crippen LogP contribution in [0.25, 0.3) is 10.9 Å². The highest BCUT2D eigenvalue weighted by molar-refractivity contribution is 5.84. The molecule has 0 radical (unpaired) electrons. The molecule has 2 N–H and O–H groups in total. The monoisotopic (exact) mass is 298 g/mol. The molecule has 1 aromatic heterocycles. The lowest BCUT2D eigenvalue weighted by molar-refractivity contribution is -0.126. The third-order valence-electron chi connectivity index (χ3n) is 5.00. The number of H-pyrrole nitrogens is 1. The van der Waals surface area contributed by atoms with Crippen LogP contribution in [0.5, 0.6) is 0 Å². The Morgan fingerprint density at radius 1 is 1.23 bits per heavy atom. The van der Waals surface area contributed by atoms with Crippen LogP contribution in [0.15, 0.2) is 30.5 Å². The Bertz CT molecular complexity index is 650. The van der Waals surface area contributed by atoms with Gasteiger partial charge in [-0.1, -0.05) is 51.3 Å². The summed E-state index contributed by atoms with van der Waals surface area (Å²) in [4.78, 5) is 15.7. The number of para-hydroxylation sites is 1.